The summed E-state index contributed by atoms with van der Waals surface area (Å²) in [6, 6.07) is 11.8. The summed E-state index contributed by atoms with van der Waals surface area (Å²) in [7, 11) is 1.67. The minimum absolute atomic E-state index is 0.170. The number of aryl methyl sites for hydroxylation is 2. The van der Waals surface area contributed by atoms with Crippen LogP contribution in [0.3, 0.4) is 0 Å². The van der Waals surface area contributed by atoms with Gasteiger partial charge in [-0.25, -0.2) is 9.78 Å². The number of hydrogen-bond acceptors (Lipinski definition) is 3. The smallest absolute Gasteiger partial charge is 0.405 e. The van der Waals surface area contributed by atoms with Crippen molar-refractivity contribution >= 4 is 6.09 Å². The molecule has 2 unspecified atom stereocenters. The second kappa shape index (κ2) is 10.7. The molecular weight excluding hydrogens is 352 g/mol. The van der Waals surface area contributed by atoms with E-state index >= 15 is 0 Å². The van der Waals surface area contributed by atoms with Gasteiger partial charge in [-0.05, 0) is 49.3 Å². The van der Waals surface area contributed by atoms with E-state index in [1.807, 2.05) is 37.3 Å². The lowest BCUT2D eigenvalue weighted by Crippen LogP contribution is -2.26. The summed E-state index contributed by atoms with van der Waals surface area (Å²) in [6.07, 6.45) is 3.74. The highest BCUT2D eigenvalue weighted by Gasteiger charge is 2.17. The van der Waals surface area contributed by atoms with Gasteiger partial charge in [0.1, 0.15) is 0 Å². The van der Waals surface area contributed by atoms with Crippen molar-refractivity contribution in [3.05, 3.63) is 58.8 Å². The predicted octanol–water partition coefficient (Wildman–Crippen LogP) is 5.63. The maximum Gasteiger partial charge on any atom is 0.405 e. The average Bonchev–Trinajstić information content (AvgIpc) is 2.70. The van der Waals surface area contributed by atoms with Gasteiger partial charge in [0.15, 0.2) is 0 Å². The zero-order chi connectivity index (χ0) is 20.5. The molecule has 5 nitrogen and oxygen atoms in total. The van der Waals surface area contributed by atoms with Gasteiger partial charge in [0.05, 0.1) is 13.2 Å². The van der Waals surface area contributed by atoms with Gasteiger partial charge in [0, 0.05) is 11.3 Å². The number of unbranched alkanes of at least 4 members (excludes halogenated alkanes) is 1. The third-order valence-electron chi connectivity index (χ3n) is 5.30. The minimum atomic E-state index is -0.982. The molecule has 0 aliphatic heterocycles. The number of amides is 1. The molecular formula is C23H32N2O3. The van der Waals surface area contributed by atoms with Crippen LogP contribution in [0.2, 0.25) is 0 Å². The molecule has 1 aromatic heterocycles. The highest BCUT2D eigenvalue weighted by atomic mass is 16.5. The van der Waals surface area contributed by atoms with Crippen LogP contribution in [0.5, 0.6) is 5.88 Å². The Labute approximate surface area is 168 Å². The molecule has 0 aliphatic carbocycles. The van der Waals surface area contributed by atoms with Crippen molar-refractivity contribution in [3.63, 3.8) is 0 Å². The largest absolute Gasteiger partial charge is 0.481 e. The Bertz CT molecular complexity index is 762. The second-order valence-corrected chi connectivity index (χ2v) is 7.28. The summed E-state index contributed by atoms with van der Waals surface area (Å²) >= 11 is 0. The number of aromatic nitrogens is 1. The molecule has 0 spiro atoms. The number of carboxylic acid groups (broad SMARTS) is 1. The third-order valence-corrected chi connectivity index (χ3v) is 5.30. The fraction of sp³-hybridized carbons (Fsp3) is 0.478. The first kappa shape index (κ1) is 21.7. The number of benzene rings is 1. The first-order valence-electron chi connectivity index (χ1n) is 10.0. The first-order valence-corrected chi connectivity index (χ1v) is 10.0. The topological polar surface area (TPSA) is 71.5 Å². The Morgan fingerprint density at radius 1 is 1.21 bits per heavy atom. The van der Waals surface area contributed by atoms with Gasteiger partial charge in [-0.15, -0.1) is 0 Å². The molecule has 1 amide bonds. The van der Waals surface area contributed by atoms with Crippen LogP contribution in [0.15, 0.2) is 36.4 Å². The fourth-order valence-electron chi connectivity index (χ4n) is 3.63. The maximum absolute atomic E-state index is 11.1. The van der Waals surface area contributed by atoms with Crippen LogP contribution in [-0.2, 0) is 6.42 Å². The van der Waals surface area contributed by atoms with E-state index in [4.69, 9.17) is 9.84 Å². The molecule has 1 aromatic carbocycles. The number of nitrogens with one attached hydrogen (secondary N) is 1. The van der Waals surface area contributed by atoms with Gasteiger partial charge in [-0.1, -0.05) is 57.0 Å². The van der Waals surface area contributed by atoms with E-state index in [2.05, 4.69) is 30.2 Å². The molecule has 0 saturated carbocycles. The molecule has 0 radical (unpaired) electrons. The number of ether oxygens (including phenoxy) is 1. The van der Waals surface area contributed by atoms with E-state index in [-0.39, 0.29) is 6.04 Å². The molecule has 2 rings (SSSR count). The van der Waals surface area contributed by atoms with Gasteiger partial charge < -0.3 is 15.2 Å². The molecule has 0 saturated heterocycles. The van der Waals surface area contributed by atoms with Gasteiger partial charge in [0.25, 0.3) is 0 Å². The molecule has 0 fully saturated rings. The van der Waals surface area contributed by atoms with E-state index in [0.29, 0.717) is 5.92 Å². The summed E-state index contributed by atoms with van der Waals surface area (Å²) in [5, 5.41) is 11.8. The number of methoxy groups -OCH3 is 1. The normalized spacial score (nSPS) is 13.0. The van der Waals surface area contributed by atoms with Gasteiger partial charge in [-0.2, -0.15) is 0 Å². The van der Waals surface area contributed by atoms with Crippen LogP contribution in [0.4, 0.5) is 4.79 Å². The lowest BCUT2D eigenvalue weighted by Gasteiger charge is -2.19. The first-order chi connectivity index (χ1) is 13.5. The molecule has 0 aliphatic rings. The number of pyridine rings is 1. The van der Waals surface area contributed by atoms with E-state index in [1.54, 1.807) is 7.11 Å². The van der Waals surface area contributed by atoms with Crippen molar-refractivity contribution in [2.45, 2.75) is 64.8 Å². The molecule has 2 N–H and O–H groups in total. The molecule has 2 atom stereocenters. The summed E-state index contributed by atoms with van der Waals surface area (Å²) in [5.74, 6) is 1.06. The van der Waals surface area contributed by atoms with Crippen LogP contribution >= 0.6 is 0 Å². The van der Waals surface area contributed by atoms with Crippen LogP contribution in [0.1, 0.15) is 73.9 Å². The molecule has 5 heteroatoms. The van der Waals surface area contributed by atoms with E-state index in [1.165, 1.54) is 5.56 Å². The Balaban J connectivity index is 1.95. The molecule has 28 heavy (non-hydrogen) atoms. The fourth-order valence-corrected chi connectivity index (χ4v) is 3.63. The minimum Gasteiger partial charge on any atom is -0.481 e. The predicted molar refractivity (Wildman–Crippen MR) is 112 cm³/mol. The molecule has 0 bridgehead atoms. The second-order valence-electron chi connectivity index (χ2n) is 7.28. The van der Waals surface area contributed by atoms with Gasteiger partial charge in [0.2, 0.25) is 5.88 Å². The molecule has 152 valence electrons. The average molecular weight is 385 g/mol. The van der Waals surface area contributed by atoms with Gasteiger partial charge in [-0.3, -0.25) is 0 Å². The zero-order valence-electron chi connectivity index (χ0n) is 17.4. The van der Waals surface area contributed by atoms with Crippen LogP contribution in [0.25, 0.3) is 0 Å². The Hall–Kier alpha value is -2.56. The lowest BCUT2D eigenvalue weighted by molar-refractivity contribution is 0.189. The summed E-state index contributed by atoms with van der Waals surface area (Å²) in [5.41, 5.74) is 4.46. The van der Waals surface area contributed by atoms with E-state index < -0.39 is 6.09 Å². The van der Waals surface area contributed by atoms with E-state index in [0.717, 1.165) is 54.8 Å². The zero-order valence-corrected chi connectivity index (χ0v) is 17.4. The third kappa shape index (κ3) is 5.98. The van der Waals surface area contributed by atoms with Gasteiger partial charge >= 0.3 is 6.09 Å². The van der Waals surface area contributed by atoms with Crippen molar-refractivity contribution in [1.82, 2.24) is 10.3 Å². The Morgan fingerprint density at radius 2 is 1.89 bits per heavy atom. The van der Waals surface area contributed by atoms with Crippen molar-refractivity contribution in [3.8, 4) is 5.88 Å². The van der Waals surface area contributed by atoms with E-state index in [9.17, 15) is 4.79 Å². The van der Waals surface area contributed by atoms with Crippen molar-refractivity contribution in [2.75, 3.05) is 7.11 Å². The standard InChI is InChI=1S/C23H32N2O3/c1-5-18-15-20(22(28-4)24-17(18)3)16(2)11-9-10-14-21(25-23(26)27)19-12-7-6-8-13-19/h6-8,12-13,15-16,21,25H,5,9-11,14H2,1-4H3,(H,26,27). The van der Waals surface area contributed by atoms with Crippen molar-refractivity contribution in [1.29, 1.82) is 0 Å². The monoisotopic (exact) mass is 384 g/mol. The SMILES string of the molecule is CCc1cc(C(C)CCCCC(NC(=O)O)c2ccccc2)c(OC)nc1C. The summed E-state index contributed by atoms with van der Waals surface area (Å²) in [4.78, 5) is 15.8. The number of nitrogens with zero attached hydrogens (tertiary/aromatic N) is 1. The highest BCUT2D eigenvalue weighted by Crippen LogP contribution is 2.31. The maximum atomic E-state index is 11.1. The van der Waals surface area contributed by atoms with Crippen LogP contribution in [-0.4, -0.2) is 23.3 Å². The quantitative estimate of drug-likeness (QED) is 0.521. The summed E-state index contributed by atoms with van der Waals surface area (Å²) < 4.78 is 5.51. The van der Waals surface area contributed by atoms with Crippen LogP contribution < -0.4 is 10.1 Å². The van der Waals surface area contributed by atoms with Crippen LogP contribution in [0, 0.1) is 6.92 Å². The molecule has 2 aromatic rings. The number of carbonyl (C=O) groups is 1. The summed E-state index contributed by atoms with van der Waals surface area (Å²) in [6.45, 7) is 6.37. The Kier molecular flexibility index (Phi) is 8.30. The molecule has 1 heterocycles. The number of rotatable bonds is 10. The Morgan fingerprint density at radius 3 is 2.50 bits per heavy atom. The number of hydrogen-bond donors (Lipinski definition) is 2. The lowest BCUT2D eigenvalue weighted by atomic mass is 9.92. The highest BCUT2D eigenvalue weighted by molar-refractivity contribution is 5.65. The van der Waals surface area contributed by atoms with Crippen molar-refractivity contribution < 1.29 is 14.6 Å². The van der Waals surface area contributed by atoms with Crippen molar-refractivity contribution in [2.24, 2.45) is 0 Å².